The van der Waals surface area contributed by atoms with E-state index >= 15 is 0 Å². The van der Waals surface area contributed by atoms with Crippen molar-refractivity contribution in [2.45, 2.75) is 44.9 Å². The van der Waals surface area contributed by atoms with Crippen molar-refractivity contribution in [2.24, 2.45) is 0 Å². The standard InChI is InChI=1S/C15H22O7/c1-3-21-15(19)22-11-10-13(17)7-5-4-6-12(16)8-9-14(18)20-2/h1H,3-11H2,2H3. The summed E-state index contributed by atoms with van der Waals surface area (Å²) in [6.07, 6.45) is 1.28. The third-order valence-electron chi connectivity index (χ3n) is 2.80. The molecule has 0 heterocycles. The monoisotopic (exact) mass is 314 g/mol. The Labute approximate surface area is 130 Å². The molecule has 7 nitrogen and oxygen atoms in total. The van der Waals surface area contributed by atoms with Crippen LogP contribution in [-0.4, -0.2) is 44.0 Å². The van der Waals surface area contributed by atoms with Gasteiger partial charge in [0.1, 0.15) is 18.2 Å². The third kappa shape index (κ3) is 11.9. The maximum Gasteiger partial charge on any atom is 0.508 e. The van der Waals surface area contributed by atoms with Crippen molar-refractivity contribution in [1.82, 2.24) is 0 Å². The lowest BCUT2D eigenvalue weighted by Crippen LogP contribution is -2.11. The zero-order valence-corrected chi connectivity index (χ0v) is 12.8. The van der Waals surface area contributed by atoms with E-state index in [9.17, 15) is 19.2 Å². The number of carbonyl (C=O) groups excluding carboxylic acids is 4. The molecule has 0 N–H and O–H groups in total. The van der Waals surface area contributed by atoms with Gasteiger partial charge in [0, 0.05) is 32.6 Å². The number of unbranched alkanes of at least 4 members (excludes halogenated alkanes) is 1. The first kappa shape index (κ1) is 20.1. The molecule has 22 heavy (non-hydrogen) atoms. The molecule has 0 aromatic carbocycles. The largest absolute Gasteiger partial charge is 0.508 e. The van der Waals surface area contributed by atoms with E-state index in [4.69, 9.17) is 6.92 Å². The van der Waals surface area contributed by atoms with Crippen LogP contribution in [0, 0.1) is 6.92 Å². The molecule has 2 radical (unpaired) electrons. The van der Waals surface area contributed by atoms with Gasteiger partial charge in [0.25, 0.3) is 0 Å². The lowest BCUT2D eigenvalue weighted by molar-refractivity contribution is -0.141. The summed E-state index contributed by atoms with van der Waals surface area (Å²) in [6, 6.07) is 0. The summed E-state index contributed by atoms with van der Waals surface area (Å²) in [6.45, 7) is 4.66. The van der Waals surface area contributed by atoms with E-state index in [1.165, 1.54) is 7.11 Å². The highest BCUT2D eigenvalue weighted by atomic mass is 16.7. The summed E-state index contributed by atoms with van der Waals surface area (Å²) in [5.41, 5.74) is 0. The molecule has 7 heteroatoms. The average molecular weight is 314 g/mol. The van der Waals surface area contributed by atoms with Gasteiger partial charge in [0.15, 0.2) is 0 Å². The van der Waals surface area contributed by atoms with E-state index in [0.29, 0.717) is 25.7 Å². The van der Waals surface area contributed by atoms with Crippen LogP contribution in [0.1, 0.15) is 44.9 Å². The summed E-state index contributed by atoms with van der Waals surface area (Å²) in [5.74, 6) is -0.482. The number of methoxy groups -OCH3 is 1. The molecule has 0 amide bonds. The van der Waals surface area contributed by atoms with Crippen molar-refractivity contribution in [3.8, 4) is 0 Å². The van der Waals surface area contributed by atoms with E-state index in [1.807, 2.05) is 0 Å². The molecule has 0 bridgehead atoms. The van der Waals surface area contributed by atoms with Gasteiger partial charge in [-0.1, -0.05) is 0 Å². The Kier molecular flexibility index (Phi) is 11.7. The fraction of sp³-hybridized carbons (Fsp3) is 0.667. The maximum atomic E-state index is 11.5. The smallest absolute Gasteiger partial charge is 0.469 e. The second-order valence-corrected chi connectivity index (χ2v) is 4.52. The van der Waals surface area contributed by atoms with Crippen molar-refractivity contribution < 1.29 is 33.4 Å². The minimum Gasteiger partial charge on any atom is -0.469 e. The maximum absolute atomic E-state index is 11.5. The molecule has 0 saturated heterocycles. The number of ketones is 2. The predicted molar refractivity (Wildman–Crippen MR) is 75.9 cm³/mol. The van der Waals surface area contributed by atoms with Gasteiger partial charge in [0.05, 0.1) is 20.1 Å². The lowest BCUT2D eigenvalue weighted by Gasteiger charge is -2.04. The third-order valence-corrected chi connectivity index (χ3v) is 2.80. The Morgan fingerprint density at radius 1 is 0.818 bits per heavy atom. The van der Waals surface area contributed by atoms with Crippen molar-refractivity contribution in [1.29, 1.82) is 0 Å². The number of Topliss-reactive ketones (excluding diaryl/α,β-unsaturated/α-hetero) is 2. The highest BCUT2D eigenvalue weighted by Gasteiger charge is 2.09. The fourth-order valence-corrected chi connectivity index (χ4v) is 1.60. The van der Waals surface area contributed by atoms with Gasteiger partial charge in [-0.3, -0.25) is 14.4 Å². The lowest BCUT2D eigenvalue weighted by atomic mass is 10.1. The second kappa shape index (κ2) is 12.8. The van der Waals surface area contributed by atoms with Crippen molar-refractivity contribution in [3.63, 3.8) is 0 Å². The highest BCUT2D eigenvalue weighted by molar-refractivity contribution is 5.83. The van der Waals surface area contributed by atoms with Crippen LogP contribution in [0.15, 0.2) is 0 Å². The van der Waals surface area contributed by atoms with Crippen LogP contribution in [0.3, 0.4) is 0 Å². The summed E-state index contributed by atoms with van der Waals surface area (Å²) in [7, 11) is 1.28. The number of esters is 1. The highest BCUT2D eigenvalue weighted by Crippen LogP contribution is 2.06. The molecule has 0 aliphatic heterocycles. The fourth-order valence-electron chi connectivity index (χ4n) is 1.60. The summed E-state index contributed by atoms with van der Waals surface area (Å²) in [4.78, 5) is 44.6. The Morgan fingerprint density at radius 3 is 1.95 bits per heavy atom. The molecule has 124 valence electrons. The summed E-state index contributed by atoms with van der Waals surface area (Å²) < 4.78 is 13.4. The molecule has 0 atom stereocenters. The number of rotatable bonds is 12. The molecule has 0 spiro atoms. The normalized spacial score (nSPS) is 9.91. The SMILES string of the molecule is [CH]COC(=O)OCCC(=O)CCCCC(=O)CCC(=O)OC. The number of carbonyl (C=O) groups is 4. The molecule has 0 aromatic heterocycles. The van der Waals surface area contributed by atoms with Crippen LogP contribution < -0.4 is 0 Å². The van der Waals surface area contributed by atoms with Crippen LogP contribution in [0.2, 0.25) is 0 Å². The molecule has 0 aliphatic carbocycles. The minimum absolute atomic E-state index is 0.0225. The number of ether oxygens (including phenoxy) is 3. The Balaban J connectivity index is 3.54. The van der Waals surface area contributed by atoms with E-state index in [2.05, 4.69) is 14.2 Å². The van der Waals surface area contributed by atoms with Gasteiger partial charge in [-0.05, 0) is 12.8 Å². The average Bonchev–Trinajstić information content (AvgIpc) is 2.49. The van der Waals surface area contributed by atoms with Crippen LogP contribution in [0.25, 0.3) is 0 Å². The Morgan fingerprint density at radius 2 is 1.41 bits per heavy atom. The van der Waals surface area contributed by atoms with Crippen LogP contribution in [-0.2, 0) is 28.6 Å². The van der Waals surface area contributed by atoms with Gasteiger partial charge >= 0.3 is 12.1 Å². The number of hydrogen-bond donors (Lipinski definition) is 0. The summed E-state index contributed by atoms with van der Waals surface area (Å²) in [5, 5.41) is 0. The van der Waals surface area contributed by atoms with Gasteiger partial charge in [-0.2, -0.15) is 0 Å². The first-order valence-corrected chi connectivity index (χ1v) is 7.09. The molecule has 0 saturated carbocycles. The van der Waals surface area contributed by atoms with Crippen molar-refractivity contribution in [2.75, 3.05) is 20.3 Å². The van der Waals surface area contributed by atoms with E-state index in [0.717, 1.165) is 0 Å². The Bertz CT molecular complexity index is 376. The van der Waals surface area contributed by atoms with Gasteiger partial charge in [-0.15, -0.1) is 0 Å². The summed E-state index contributed by atoms with van der Waals surface area (Å²) >= 11 is 0. The zero-order chi connectivity index (χ0) is 16.8. The van der Waals surface area contributed by atoms with E-state index < -0.39 is 12.1 Å². The predicted octanol–water partition coefficient (Wildman–Crippen LogP) is 1.89. The molecule has 0 fully saturated rings. The van der Waals surface area contributed by atoms with Crippen molar-refractivity contribution >= 4 is 23.7 Å². The molecule has 0 aliphatic rings. The van der Waals surface area contributed by atoms with Gasteiger partial charge in [0.2, 0.25) is 0 Å². The van der Waals surface area contributed by atoms with Gasteiger partial charge in [-0.25, -0.2) is 4.79 Å². The van der Waals surface area contributed by atoms with Crippen molar-refractivity contribution in [3.05, 3.63) is 6.92 Å². The Hall–Kier alpha value is -1.92. The molecular weight excluding hydrogens is 292 g/mol. The minimum atomic E-state index is -0.897. The molecular formula is C15H22O7. The first-order valence-electron chi connectivity index (χ1n) is 7.09. The zero-order valence-electron chi connectivity index (χ0n) is 12.8. The molecule has 0 unspecified atom stereocenters. The molecule has 0 aromatic rings. The van der Waals surface area contributed by atoms with E-state index in [-0.39, 0.29) is 44.0 Å². The quantitative estimate of drug-likeness (QED) is 0.401. The van der Waals surface area contributed by atoms with Crippen LogP contribution in [0.5, 0.6) is 0 Å². The first-order chi connectivity index (χ1) is 10.5. The molecule has 0 rings (SSSR count). The number of hydrogen-bond acceptors (Lipinski definition) is 7. The second-order valence-electron chi connectivity index (χ2n) is 4.52. The van der Waals surface area contributed by atoms with Crippen LogP contribution >= 0.6 is 0 Å². The van der Waals surface area contributed by atoms with Gasteiger partial charge < -0.3 is 14.2 Å². The van der Waals surface area contributed by atoms with E-state index in [1.54, 1.807) is 0 Å². The topological polar surface area (TPSA) is 96.0 Å². The van der Waals surface area contributed by atoms with Crippen LogP contribution in [0.4, 0.5) is 4.79 Å².